The molecule has 0 bridgehead atoms. The van der Waals surface area contributed by atoms with Crippen LogP contribution >= 0.6 is 0 Å². The van der Waals surface area contributed by atoms with Crippen molar-refractivity contribution < 1.29 is 4.39 Å². The van der Waals surface area contributed by atoms with E-state index >= 15 is 0 Å². The predicted octanol–water partition coefficient (Wildman–Crippen LogP) is 3.38. The second-order valence-electron chi connectivity index (χ2n) is 7.25. The summed E-state index contributed by atoms with van der Waals surface area (Å²) >= 11 is 0. The molecule has 33 heavy (non-hydrogen) atoms. The molecule has 0 fully saturated rings. The number of anilines is 1. The van der Waals surface area contributed by atoms with Crippen molar-refractivity contribution in [1.29, 1.82) is 0 Å². The summed E-state index contributed by atoms with van der Waals surface area (Å²) in [5.41, 5.74) is 3.68. The molecule has 0 unspecified atom stereocenters. The average Bonchev–Trinajstić information content (AvgIpc) is 3.32. The second kappa shape index (κ2) is 8.80. The zero-order chi connectivity index (χ0) is 22.6. The van der Waals surface area contributed by atoms with Gasteiger partial charge in [-0.25, -0.2) is 24.3 Å². The van der Waals surface area contributed by atoms with Crippen LogP contribution in [-0.4, -0.2) is 42.2 Å². The molecular weight excluding hydrogens is 419 g/mol. The normalized spacial score (nSPS) is 10.6. The molecule has 9 heteroatoms. The Labute approximate surface area is 188 Å². The topological polar surface area (TPSA) is 96.4 Å². The summed E-state index contributed by atoms with van der Waals surface area (Å²) in [5, 5.41) is 7.94. The molecule has 1 N–H and O–H groups in total. The molecule has 0 aliphatic heterocycles. The first-order chi connectivity index (χ1) is 16.1. The van der Waals surface area contributed by atoms with Crippen LogP contribution in [0.25, 0.3) is 22.4 Å². The minimum absolute atomic E-state index is 0.373. The SMILES string of the molecule is CN(Cc1ccc(F)cn1)c1nccc(-c2nccc(C#Cc3ccc4[nH]ncc4c3)n2)n1. The number of aromatic amines is 1. The van der Waals surface area contributed by atoms with E-state index in [1.54, 1.807) is 36.8 Å². The summed E-state index contributed by atoms with van der Waals surface area (Å²) in [5.74, 6) is 6.76. The highest BCUT2D eigenvalue weighted by molar-refractivity contribution is 5.79. The van der Waals surface area contributed by atoms with Crippen molar-refractivity contribution in [2.45, 2.75) is 6.54 Å². The summed E-state index contributed by atoms with van der Waals surface area (Å²) in [6, 6.07) is 12.3. The summed E-state index contributed by atoms with van der Waals surface area (Å²) < 4.78 is 13.1. The molecule has 0 radical (unpaired) electrons. The minimum Gasteiger partial charge on any atom is -0.338 e. The lowest BCUT2D eigenvalue weighted by atomic mass is 10.1. The smallest absolute Gasteiger partial charge is 0.226 e. The molecule has 4 aromatic heterocycles. The van der Waals surface area contributed by atoms with Crippen molar-refractivity contribution in [3.05, 3.63) is 90.0 Å². The lowest BCUT2D eigenvalue weighted by Gasteiger charge is -2.16. The molecule has 0 saturated heterocycles. The van der Waals surface area contributed by atoms with Crippen LogP contribution in [0, 0.1) is 17.7 Å². The molecule has 0 aliphatic rings. The van der Waals surface area contributed by atoms with Crippen molar-refractivity contribution in [2.24, 2.45) is 0 Å². The van der Waals surface area contributed by atoms with E-state index in [0.29, 0.717) is 35.4 Å². The first kappa shape index (κ1) is 20.2. The van der Waals surface area contributed by atoms with Crippen molar-refractivity contribution in [3.63, 3.8) is 0 Å². The largest absolute Gasteiger partial charge is 0.338 e. The molecular formula is C24H17FN8. The van der Waals surface area contributed by atoms with E-state index in [2.05, 4.69) is 47.0 Å². The molecule has 5 aromatic rings. The van der Waals surface area contributed by atoms with Crippen LogP contribution in [-0.2, 0) is 6.54 Å². The first-order valence-corrected chi connectivity index (χ1v) is 10.1. The number of benzene rings is 1. The van der Waals surface area contributed by atoms with Crippen LogP contribution in [0.4, 0.5) is 10.3 Å². The molecule has 0 amide bonds. The van der Waals surface area contributed by atoms with Crippen LogP contribution < -0.4 is 4.90 Å². The highest BCUT2D eigenvalue weighted by atomic mass is 19.1. The summed E-state index contributed by atoms with van der Waals surface area (Å²) in [6.07, 6.45) is 6.25. The van der Waals surface area contributed by atoms with Crippen molar-refractivity contribution in [2.75, 3.05) is 11.9 Å². The standard InChI is InChI=1S/C24H17FN8/c1-33(15-20-6-4-18(25)14-28-20)24-27-11-9-22(31-24)23-26-10-8-19(30-23)5-2-16-3-7-21-17(12-16)13-29-32-21/h3-4,6-14H,15H2,1H3,(H,29,32). The fraction of sp³-hybridized carbons (Fsp3) is 0.0833. The number of pyridine rings is 1. The van der Waals surface area contributed by atoms with Crippen molar-refractivity contribution in [3.8, 4) is 23.4 Å². The number of fused-ring (bicyclic) bond motifs is 1. The Morgan fingerprint density at radius 3 is 2.73 bits per heavy atom. The van der Waals surface area contributed by atoms with Gasteiger partial charge in [0.2, 0.25) is 5.95 Å². The number of H-pyrrole nitrogens is 1. The zero-order valence-electron chi connectivity index (χ0n) is 17.6. The van der Waals surface area contributed by atoms with Gasteiger partial charge >= 0.3 is 0 Å². The average molecular weight is 436 g/mol. The van der Waals surface area contributed by atoms with E-state index in [1.807, 2.05) is 30.1 Å². The van der Waals surface area contributed by atoms with E-state index in [0.717, 1.165) is 16.5 Å². The summed E-state index contributed by atoms with van der Waals surface area (Å²) in [6.45, 7) is 0.428. The van der Waals surface area contributed by atoms with E-state index in [-0.39, 0.29) is 5.82 Å². The van der Waals surface area contributed by atoms with Gasteiger partial charge in [0, 0.05) is 30.4 Å². The van der Waals surface area contributed by atoms with Gasteiger partial charge in [-0.3, -0.25) is 10.1 Å². The van der Waals surface area contributed by atoms with Gasteiger partial charge in [0.15, 0.2) is 5.82 Å². The zero-order valence-corrected chi connectivity index (χ0v) is 17.6. The number of halogens is 1. The third-order valence-corrected chi connectivity index (χ3v) is 4.83. The first-order valence-electron chi connectivity index (χ1n) is 10.1. The lowest BCUT2D eigenvalue weighted by molar-refractivity contribution is 0.618. The van der Waals surface area contributed by atoms with Crippen LogP contribution in [0.5, 0.6) is 0 Å². The molecule has 0 saturated carbocycles. The van der Waals surface area contributed by atoms with E-state index < -0.39 is 0 Å². The summed E-state index contributed by atoms with van der Waals surface area (Å²) in [7, 11) is 1.84. The molecule has 0 aliphatic carbocycles. The Hall–Kier alpha value is -4.71. The highest BCUT2D eigenvalue weighted by Gasteiger charge is 2.10. The summed E-state index contributed by atoms with van der Waals surface area (Å²) in [4.78, 5) is 23.7. The van der Waals surface area contributed by atoms with Crippen molar-refractivity contribution >= 4 is 16.9 Å². The number of hydrogen-bond acceptors (Lipinski definition) is 7. The van der Waals surface area contributed by atoms with Crippen LogP contribution in [0.3, 0.4) is 0 Å². The Kier molecular flexibility index (Phi) is 5.39. The van der Waals surface area contributed by atoms with E-state index in [4.69, 9.17) is 0 Å². The van der Waals surface area contributed by atoms with Gasteiger partial charge < -0.3 is 4.90 Å². The van der Waals surface area contributed by atoms with Crippen LogP contribution in [0.15, 0.2) is 67.3 Å². The lowest BCUT2D eigenvalue weighted by Crippen LogP contribution is -2.20. The van der Waals surface area contributed by atoms with Gasteiger partial charge in [-0.1, -0.05) is 5.92 Å². The van der Waals surface area contributed by atoms with Crippen molar-refractivity contribution in [1.82, 2.24) is 35.1 Å². The molecule has 0 spiro atoms. The van der Waals surface area contributed by atoms with Gasteiger partial charge in [-0.15, -0.1) is 0 Å². The maximum Gasteiger partial charge on any atom is 0.226 e. The Balaban J connectivity index is 1.37. The third kappa shape index (κ3) is 4.65. The number of nitrogens with zero attached hydrogens (tertiary/aromatic N) is 7. The minimum atomic E-state index is -0.373. The van der Waals surface area contributed by atoms with Gasteiger partial charge in [0.05, 0.1) is 30.1 Å². The Morgan fingerprint density at radius 2 is 1.85 bits per heavy atom. The number of rotatable bonds is 4. The van der Waals surface area contributed by atoms with Gasteiger partial charge in [-0.2, -0.15) is 5.10 Å². The molecule has 160 valence electrons. The molecule has 4 heterocycles. The number of hydrogen-bond donors (Lipinski definition) is 1. The van der Waals surface area contributed by atoms with Crippen LogP contribution in [0.2, 0.25) is 0 Å². The highest BCUT2D eigenvalue weighted by Crippen LogP contribution is 2.16. The molecule has 1 aromatic carbocycles. The number of aromatic nitrogens is 7. The van der Waals surface area contributed by atoms with E-state index in [1.165, 1.54) is 12.3 Å². The maximum absolute atomic E-state index is 13.1. The fourth-order valence-electron chi connectivity index (χ4n) is 3.18. The maximum atomic E-state index is 13.1. The van der Waals surface area contributed by atoms with Crippen LogP contribution in [0.1, 0.15) is 17.0 Å². The monoisotopic (exact) mass is 436 g/mol. The fourth-order valence-corrected chi connectivity index (χ4v) is 3.18. The second-order valence-corrected chi connectivity index (χ2v) is 7.25. The number of nitrogens with one attached hydrogen (secondary N) is 1. The quantitative estimate of drug-likeness (QED) is 0.432. The Bertz CT molecular complexity index is 1480. The molecule has 5 rings (SSSR count). The van der Waals surface area contributed by atoms with Gasteiger partial charge in [0.1, 0.15) is 17.2 Å². The van der Waals surface area contributed by atoms with Gasteiger partial charge in [-0.05, 0) is 48.4 Å². The van der Waals surface area contributed by atoms with E-state index in [9.17, 15) is 4.39 Å². The third-order valence-electron chi connectivity index (χ3n) is 4.83. The predicted molar refractivity (Wildman–Crippen MR) is 121 cm³/mol. The molecule has 0 atom stereocenters. The molecule has 8 nitrogen and oxygen atoms in total. The van der Waals surface area contributed by atoms with Gasteiger partial charge in [0.25, 0.3) is 0 Å². The Morgan fingerprint density at radius 1 is 0.939 bits per heavy atom.